The highest BCUT2D eigenvalue weighted by Crippen LogP contribution is 2.33. The third-order valence-electron chi connectivity index (χ3n) is 1.84. The maximum absolute atomic E-state index is 13.5. The van der Waals surface area contributed by atoms with Gasteiger partial charge in [-0.2, -0.15) is 0 Å². The van der Waals surface area contributed by atoms with Gasteiger partial charge < -0.3 is 0 Å². The Balaban J connectivity index is 3.08. The maximum Gasteiger partial charge on any atom is 0.224 e. The van der Waals surface area contributed by atoms with E-state index < -0.39 is 38.0 Å². The zero-order valence-electron chi connectivity index (χ0n) is 7.16. The number of hydrogen-bond acceptors (Lipinski definition) is 2. The van der Waals surface area contributed by atoms with Gasteiger partial charge in [0.15, 0.2) is 17.5 Å². The summed E-state index contributed by atoms with van der Waals surface area (Å²) >= 11 is 13.5. The van der Waals surface area contributed by atoms with E-state index in [2.05, 4.69) is 25.9 Å². The topological polar surface area (TPSA) is 25.8 Å². The maximum atomic E-state index is 13.5. The number of aromatic nitrogens is 2. The van der Waals surface area contributed by atoms with Crippen molar-refractivity contribution in [2.75, 3.05) is 0 Å². The summed E-state index contributed by atoms with van der Waals surface area (Å²) < 4.78 is 39.5. The van der Waals surface area contributed by atoms with Crippen molar-refractivity contribution in [1.29, 1.82) is 0 Å². The molecule has 0 fully saturated rings. The van der Waals surface area contributed by atoms with Gasteiger partial charge in [-0.1, -0.05) is 11.6 Å². The first-order valence-corrected chi connectivity index (χ1v) is 5.33. The first-order chi connectivity index (χ1) is 7.43. The molecular weight excluding hydrogens is 332 g/mol. The summed E-state index contributed by atoms with van der Waals surface area (Å²) in [6.45, 7) is 0. The fraction of sp³-hybridized carbons (Fsp3) is 0. The molecule has 0 saturated heterocycles. The van der Waals surface area contributed by atoms with E-state index >= 15 is 0 Å². The molecule has 2 rings (SSSR count). The van der Waals surface area contributed by atoms with E-state index in [-0.39, 0.29) is 5.28 Å². The van der Waals surface area contributed by atoms with Crippen molar-refractivity contribution < 1.29 is 13.2 Å². The Morgan fingerprint density at radius 1 is 0.938 bits per heavy atom. The Bertz CT molecular complexity index is 606. The molecule has 2 nitrogen and oxygen atoms in total. The van der Waals surface area contributed by atoms with E-state index in [0.717, 1.165) is 0 Å². The minimum Gasteiger partial charge on any atom is -0.215 e. The minimum absolute atomic E-state index is 0.352. The van der Waals surface area contributed by atoms with E-state index in [1.54, 1.807) is 0 Å². The number of rotatable bonds is 0. The van der Waals surface area contributed by atoms with Crippen LogP contribution >= 0.6 is 39.1 Å². The van der Waals surface area contributed by atoms with E-state index in [1.165, 1.54) is 0 Å². The summed E-state index contributed by atoms with van der Waals surface area (Å²) in [6, 6.07) is 0. The van der Waals surface area contributed by atoms with Crippen molar-refractivity contribution in [2.24, 2.45) is 0 Å². The van der Waals surface area contributed by atoms with E-state index in [9.17, 15) is 13.2 Å². The molecule has 1 aromatic carbocycles. The fourth-order valence-corrected chi connectivity index (χ4v) is 1.99. The Morgan fingerprint density at radius 2 is 1.56 bits per heavy atom. The normalized spacial score (nSPS) is 11.1. The van der Waals surface area contributed by atoms with Crippen LogP contribution in [0.2, 0.25) is 10.4 Å². The Kier molecular flexibility index (Phi) is 2.98. The van der Waals surface area contributed by atoms with Crippen LogP contribution in [0.15, 0.2) is 4.47 Å². The van der Waals surface area contributed by atoms with Crippen LogP contribution in [0.5, 0.6) is 0 Å². The summed E-state index contributed by atoms with van der Waals surface area (Å²) in [5.74, 6) is -3.80. The van der Waals surface area contributed by atoms with Gasteiger partial charge in [-0.15, -0.1) is 0 Å². The lowest BCUT2D eigenvalue weighted by Gasteiger charge is -2.06. The molecule has 0 aliphatic carbocycles. The molecule has 2 aromatic rings. The summed E-state index contributed by atoms with van der Waals surface area (Å²) in [5.41, 5.74) is -0.476. The van der Waals surface area contributed by atoms with Crippen LogP contribution in [0, 0.1) is 17.5 Å². The number of benzene rings is 1. The van der Waals surface area contributed by atoms with Gasteiger partial charge in [-0.3, -0.25) is 0 Å². The summed E-state index contributed by atoms with van der Waals surface area (Å²) in [4.78, 5) is 6.86. The van der Waals surface area contributed by atoms with Crippen LogP contribution < -0.4 is 0 Å². The number of nitrogens with zero attached hydrogens (tertiary/aromatic N) is 2. The van der Waals surface area contributed by atoms with Crippen LogP contribution in [0.25, 0.3) is 10.9 Å². The molecule has 0 spiro atoms. The molecule has 0 unspecified atom stereocenters. The van der Waals surface area contributed by atoms with Gasteiger partial charge in [0, 0.05) is 0 Å². The monoisotopic (exact) mass is 330 g/mol. The quantitative estimate of drug-likeness (QED) is 0.314. The molecule has 0 saturated carbocycles. The first kappa shape index (κ1) is 11.9. The molecule has 16 heavy (non-hydrogen) atoms. The smallest absolute Gasteiger partial charge is 0.215 e. The number of halogens is 6. The van der Waals surface area contributed by atoms with Crippen LogP contribution in [0.4, 0.5) is 13.2 Å². The molecule has 84 valence electrons. The van der Waals surface area contributed by atoms with Crippen molar-refractivity contribution >= 4 is 50.0 Å². The Morgan fingerprint density at radius 3 is 2.19 bits per heavy atom. The molecule has 8 heteroatoms. The molecule has 0 atom stereocenters. The van der Waals surface area contributed by atoms with Gasteiger partial charge in [0.25, 0.3) is 0 Å². The third kappa shape index (κ3) is 1.65. The lowest BCUT2D eigenvalue weighted by atomic mass is 10.2. The van der Waals surface area contributed by atoms with Crippen LogP contribution in [-0.2, 0) is 0 Å². The van der Waals surface area contributed by atoms with Crippen LogP contribution in [0.3, 0.4) is 0 Å². The Labute approximate surface area is 106 Å². The predicted octanol–water partition coefficient (Wildman–Crippen LogP) is 4.12. The highest BCUT2D eigenvalue weighted by atomic mass is 79.9. The zero-order valence-corrected chi connectivity index (χ0v) is 10.3. The molecule has 0 aliphatic rings. The number of fused-ring (bicyclic) bond motifs is 1. The molecule has 1 aromatic heterocycles. The molecular formula is C8BrCl2F3N2. The SMILES string of the molecule is Fc1c(Br)c(F)c2nc(Cl)nc(Cl)c2c1F. The third-order valence-corrected chi connectivity index (χ3v) is 2.98. The van der Waals surface area contributed by atoms with E-state index in [4.69, 9.17) is 23.2 Å². The lowest BCUT2D eigenvalue weighted by molar-refractivity contribution is 0.498. The fourth-order valence-electron chi connectivity index (χ4n) is 1.17. The second-order valence-electron chi connectivity index (χ2n) is 2.76. The van der Waals surface area contributed by atoms with Crippen molar-refractivity contribution in [3.63, 3.8) is 0 Å². The molecule has 0 aliphatic heterocycles. The molecule has 0 N–H and O–H groups in total. The molecule has 0 radical (unpaired) electrons. The zero-order chi connectivity index (χ0) is 12.0. The second kappa shape index (κ2) is 4.01. The van der Waals surface area contributed by atoms with Gasteiger partial charge >= 0.3 is 0 Å². The van der Waals surface area contributed by atoms with Crippen molar-refractivity contribution in [1.82, 2.24) is 9.97 Å². The lowest BCUT2D eigenvalue weighted by Crippen LogP contribution is -1.98. The Hall–Kier alpha value is -0.590. The van der Waals surface area contributed by atoms with Crippen molar-refractivity contribution in [2.45, 2.75) is 0 Å². The van der Waals surface area contributed by atoms with Gasteiger partial charge in [-0.25, -0.2) is 23.1 Å². The molecule has 0 amide bonds. The van der Waals surface area contributed by atoms with Crippen molar-refractivity contribution in [3.05, 3.63) is 32.4 Å². The predicted molar refractivity (Wildman–Crippen MR) is 57.1 cm³/mol. The van der Waals surface area contributed by atoms with Gasteiger partial charge in [0.05, 0.1) is 9.86 Å². The van der Waals surface area contributed by atoms with Crippen molar-refractivity contribution in [3.8, 4) is 0 Å². The summed E-state index contributed by atoms with van der Waals surface area (Å²) in [6.07, 6.45) is 0. The largest absolute Gasteiger partial charge is 0.224 e. The van der Waals surface area contributed by atoms with Crippen LogP contribution in [0.1, 0.15) is 0 Å². The molecule has 1 heterocycles. The average Bonchev–Trinajstić information content (AvgIpc) is 2.22. The summed E-state index contributed by atoms with van der Waals surface area (Å²) in [5, 5.41) is -1.34. The first-order valence-electron chi connectivity index (χ1n) is 3.78. The van der Waals surface area contributed by atoms with E-state index in [0.29, 0.717) is 0 Å². The number of hydrogen-bond donors (Lipinski definition) is 0. The highest BCUT2D eigenvalue weighted by Gasteiger charge is 2.22. The van der Waals surface area contributed by atoms with Crippen LogP contribution in [-0.4, -0.2) is 9.97 Å². The highest BCUT2D eigenvalue weighted by molar-refractivity contribution is 9.10. The minimum atomic E-state index is -1.39. The average molecular weight is 332 g/mol. The second-order valence-corrected chi connectivity index (χ2v) is 4.25. The molecule has 0 bridgehead atoms. The van der Waals surface area contributed by atoms with E-state index in [1.807, 2.05) is 0 Å². The van der Waals surface area contributed by atoms with Gasteiger partial charge in [-0.05, 0) is 27.5 Å². The van der Waals surface area contributed by atoms with Gasteiger partial charge in [0.2, 0.25) is 5.28 Å². The van der Waals surface area contributed by atoms with Gasteiger partial charge in [0.1, 0.15) is 10.7 Å². The standard InChI is InChI=1S/C8BrCl2F3N2/c9-2-4(13)3(12)1-6(5(2)14)15-8(11)16-7(1)10. The summed E-state index contributed by atoms with van der Waals surface area (Å²) in [7, 11) is 0.